The lowest BCUT2D eigenvalue weighted by atomic mass is 10.1. The van der Waals surface area contributed by atoms with Gasteiger partial charge in [0.25, 0.3) is 5.91 Å². The van der Waals surface area contributed by atoms with Crippen molar-refractivity contribution in [1.82, 2.24) is 5.32 Å². The number of carbonyl (C=O) groups is 1. The second-order valence-corrected chi connectivity index (χ2v) is 4.83. The molecule has 2 aromatic rings. The van der Waals surface area contributed by atoms with Gasteiger partial charge in [-0.3, -0.25) is 4.79 Å². The maximum absolute atomic E-state index is 11.6. The molecule has 1 unspecified atom stereocenters. The topological polar surface area (TPSA) is 49.3 Å². The number of carbonyl (C=O) groups excluding carboxylic acids is 1. The van der Waals surface area contributed by atoms with E-state index in [2.05, 4.69) is 17.2 Å². The van der Waals surface area contributed by atoms with Crippen LogP contribution in [0.3, 0.4) is 0 Å². The van der Waals surface area contributed by atoms with E-state index in [0.717, 1.165) is 5.56 Å². The number of nitrogens with one attached hydrogen (secondary N) is 1. The van der Waals surface area contributed by atoms with Gasteiger partial charge >= 0.3 is 0 Å². The van der Waals surface area contributed by atoms with Crippen LogP contribution in [0.5, 0.6) is 0 Å². The highest BCUT2D eigenvalue weighted by atomic mass is 35.5. The summed E-state index contributed by atoms with van der Waals surface area (Å²) in [7, 11) is 0. The minimum absolute atomic E-state index is 0.408. The van der Waals surface area contributed by atoms with Crippen LogP contribution in [0.4, 0.5) is 0 Å². The van der Waals surface area contributed by atoms with Crippen LogP contribution in [0.15, 0.2) is 54.6 Å². The first-order valence-corrected chi connectivity index (χ1v) is 6.80. The molecule has 2 rings (SSSR count). The van der Waals surface area contributed by atoms with Gasteiger partial charge in [-0.15, -0.1) is 0 Å². The fourth-order valence-electron chi connectivity index (χ4n) is 1.68. The van der Waals surface area contributed by atoms with Gasteiger partial charge in [-0.2, -0.15) is 0 Å². The maximum Gasteiger partial charge on any atom is 0.296 e. The zero-order chi connectivity index (χ0) is 15.1. The molecule has 1 atom stereocenters. The summed E-state index contributed by atoms with van der Waals surface area (Å²) in [4.78, 5) is 11.6. The van der Waals surface area contributed by atoms with Crippen molar-refractivity contribution in [2.45, 2.75) is 12.6 Å². The summed E-state index contributed by atoms with van der Waals surface area (Å²) >= 11 is 5.76. The summed E-state index contributed by atoms with van der Waals surface area (Å²) in [6, 6.07) is 16.2. The highest BCUT2D eigenvalue weighted by Crippen LogP contribution is 2.15. The summed E-state index contributed by atoms with van der Waals surface area (Å²) in [5, 5.41) is 13.1. The summed E-state index contributed by atoms with van der Waals surface area (Å²) in [5.41, 5.74) is 1.59. The molecule has 0 saturated heterocycles. The monoisotopic (exact) mass is 299 g/mol. The molecule has 0 radical (unpaired) electrons. The number of halogens is 1. The molecule has 1 amide bonds. The maximum atomic E-state index is 11.6. The molecule has 2 N–H and O–H groups in total. The highest BCUT2D eigenvalue weighted by Gasteiger charge is 2.03. The van der Waals surface area contributed by atoms with Crippen molar-refractivity contribution < 1.29 is 9.90 Å². The molecular weight excluding hydrogens is 286 g/mol. The van der Waals surface area contributed by atoms with E-state index in [-0.39, 0.29) is 0 Å². The molecule has 0 saturated carbocycles. The summed E-state index contributed by atoms with van der Waals surface area (Å²) in [6.07, 6.45) is -1.01. The Hall–Kier alpha value is -2.28. The molecule has 0 aliphatic heterocycles. The van der Waals surface area contributed by atoms with E-state index in [4.69, 9.17) is 11.6 Å². The van der Waals surface area contributed by atoms with Crippen molar-refractivity contribution in [3.63, 3.8) is 0 Å². The van der Waals surface area contributed by atoms with Gasteiger partial charge in [-0.05, 0) is 29.2 Å². The number of aliphatic hydroxyl groups excluding tert-OH is 1. The Morgan fingerprint density at radius 3 is 2.48 bits per heavy atom. The predicted octanol–water partition coefficient (Wildman–Crippen LogP) is 2.69. The average Bonchev–Trinajstić information content (AvgIpc) is 2.52. The molecule has 4 heteroatoms. The quantitative estimate of drug-likeness (QED) is 0.856. The fourth-order valence-corrected chi connectivity index (χ4v) is 1.81. The van der Waals surface area contributed by atoms with E-state index >= 15 is 0 Å². The predicted molar refractivity (Wildman–Crippen MR) is 82.5 cm³/mol. The minimum Gasteiger partial charge on any atom is -0.376 e. The van der Waals surface area contributed by atoms with Gasteiger partial charge < -0.3 is 10.4 Å². The third-order valence-electron chi connectivity index (χ3n) is 2.80. The first-order chi connectivity index (χ1) is 10.1. The number of amides is 1. The number of benzene rings is 2. The van der Waals surface area contributed by atoms with Crippen molar-refractivity contribution >= 4 is 17.5 Å². The molecule has 0 aliphatic carbocycles. The molecule has 0 spiro atoms. The van der Waals surface area contributed by atoms with E-state index in [0.29, 0.717) is 17.1 Å². The molecule has 0 fully saturated rings. The highest BCUT2D eigenvalue weighted by molar-refractivity contribution is 6.30. The average molecular weight is 300 g/mol. The Labute approximate surface area is 128 Å². The molecule has 106 valence electrons. The Kier molecular flexibility index (Phi) is 5.39. The van der Waals surface area contributed by atoms with Crippen LogP contribution in [-0.2, 0) is 11.3 Å². The van der Waals surface area contributed by atoms with Crippen LogP contribution >= 0.6 is 11.6 Å². The second kappa shape index (κ2) is 7.49. The van der Waals surface area contributed by atoms with Crippen molar-refractivity contribution in [2.24, 2.45) is 0 Å². The van der Waals surface area contributed by atoms with Crippen LogP contribution in [0, 0.1) is 11.8 Å². The van der Waals surface area contributed by atoms with Crippen LogP contribution in [0.2, 0.25) is 5.02 Å². The fraction of sp³-hybridized carbons (Fsp3) is 0.118. The Morgan fingerprint density at radius 1 is 1.14 bits per heavy atom. The molecule has 0 heterocycles. The van der Waals surface area contributed by atoms with E-state index in [9.17, 15) is 9.90 Å². The van der Waals surface area contributed by atoms with Gasteiger partial charge in [-0.25, -0.2) is 0 Å². The number of hydrogen-bond donors (Lipinski definition) is 2. The zero-order valence-corrected chi connectivity index (χ0v) is 12.0. The lowest BCUT2D eigenvalue weighted by Gasteiger charge is -2.03. The van der Waals surface area contributed by atoms with E-state index < -0.39 is 12.0 Å². The zero-order valence-electron chi connectivity index (χ0n) is 11.2. The summed E-state index contributed by atoms with van der Waals surface area (Å²) in [5.74, 6) is 4.46. The van der Waals surface area contributed by atoms with Crippen molar-refractivity contribution in [2.75, 3.05) is 0 Å². The SMILES string of the molecule is O=C(C#CC(O)c1ccc(Cl)cc1)NCc1ccccc1. The molecule has 0 aromatic heterocycles. The van der Waals surface area contributed by atoms with Gasteiger partial charge in [0.1, 0.15) is 6.10 Å². The molecule has 2 aromatic carbocycles. The van der Waals surface area contributed by atoms with Gasteiger partial charge in [0.05, 0.1) is 0 Å². The van der Waals surface area contributed by atoms with Crippen molar-refractivity contribution in [3.8, 4) is 11.8 Å². The van der Waals surface area contributed by atoms with Crippen LogP contribution in [-0.4, -0.2) is 11.0 Å². The minimum atomic E-state index is -1.01. The Balaban J connectivity index is 1.89. The van der Waals surface area contributed by atoms with Crippen molar-refractivity contribution in [3.05, 3.63) is 70.7 Å². The molecule has 0 aliphatic rings. The standard InChI is InChI=1S/C17H14ClNO2/c18-15-8-6-14(7-9-15)16(20)10-11-17(21)19-12-13-4-2-1-3-5-13/h1-9,16,20H,12H2,(H,19,21). The van der Waals surface area contributed by atoms with Crippen LogP contribution in [0.25, 0.3) is 0 Å². The third-order valence-corrected chi connectivity index (χ3v) is 3.06. The first-order valence-electron chi connectivity index (χ1n) is 6.42. The summed E-state index contributed by atoms with van der Waals surface area (Å²) in [6.45, 7) is 0.408. The van der Waals surface area contributed by atoms with E-state index in [1.807, 2.05) is 30.3 Å². The normalized spacial score (nSPS) is 11.1. The largest absolute Gasteiger partial charge is 0.376 e. The number of aliphatic hydroxyl groups is 1. The van der Waals surface area contributed by atoms with Crippen molar-refractivity contribution in [1.29, 1.82) is 0 Å². The van der Waals surface area contributed by atoms with Gasteiger partial charge in [0.2, 0.25) is 0 Å². The molecular formula is C17H14ClNO2. The van der Waals surface area contributed by atoms with Crippen LogP contribution in [0.1, 0.15) is 17.2 Å². The van der Waals surface area contributed by atoms with Crippen LogP contribution < -0.4 is 5.32 Å². The van der Waals surface area contributed by atoms with E-state index in [1.54, 1.807) is 24.3 Å². The Morgan fingerprint density at radius 2 is 1.81 bits per heavy atom. The van der Waals surface area contributed by atoms with E-state index in [1.165, 1.54) is 0 Å². The number of hydrogen-bond acceptors (Lipinski definition) is 2. The smallest absolute Gasteiger partial charge is 0.296 e. The summed E-state index contributed by atoms with van der Waals surface area (Å²) < 4.78 is 0. The van der Waals surface area contributed by atoms with Gasteiger partial charge in [0.15, 0.2) is 0 Å². The Bertz CT molecular complexity index is 657. The lowest BCUT2D eigenvalue weighted by Crippen LogP contribution is -2.20. The molecule has 21 heavy (non-hydrogen) atoms. The molecule has 0 bridgehead atoms. The first kappa shape index (κ1) is 15.1. The second-order valence-electron chi connectivity index (χ2n) is 4.39. The molecule has 3 nitrogen and oxygen atoms in total. The van der Waals surface area contributed by atoms with Gasteiger partial charge in [0, 0.05) is 11.6 Å². The third kappa shape index (κ3) is 4.96. The number of rotatable bonds is 3. The van der Waals surface area contributed by atoms with Gasteiger partial charge in [-0.1, -0.05) is 60.0 Å². The lowest BCUT2D eigenvalue weighted by molar-refractivity contribution is -0.115.